The third kappa shape index (κ3) is 8.40. The van der Waals surface area contributed by atoms with Crippen LogP contribution in [-0.2, 0) is 11.2 Å². The van der Waals surface area contributed by atoms with Gasteiger partial charge >= 0.3 is 0 Å². The fourth-order valence-corrected chi connectivity index (χ4v) is 5.22. The topological polar surface area (TPSA) is 163 Å². The van der Waals surface area contributed by atoms with Gasteiger partial charge in [0.05, 0.1) is 6.61 Å². The van der Waals surface area contributed by atoms with E-state index in [0.717, 1.165) is 58.4 Å². The summed E-state index contributed by atoms with van der Waals surface area (Å²) < 4.78 is 5.73. The highest BCUT2D eigenvalue weighted by molar-refractivity contribution is 6.31. The Hall–Kier alpha value is -3.19. The number of amides is 2. The zero-order chi connectivity index (χ0) is 28.5. The molecule has 12 nitrogen and oxygen atoms in total. The monoisotopic (exact) mass is 574 g/mol. The second-order valence-electron chi connectivity index (χ2n) is 10.2. The van der Waals surface area contributed by atoms with Crippen LogP contribution in [0.15, 0.2) is 24.3 Å². The van der Waals surface area contributed by atoms with Crippen molar-refractivity contribution < 1.29 is 19.4 Å². The van der Waals surface area contributed by atoms with E-state index in [1.165, 1.54) is 5.56 Å². The molecule has 2 fully saturated rings. The number of aryl methyl sites for hydroxylation is 1. The van der Waals surface area contributed by atoms with Crippen molar-refractivity contribution in [3.05, 3.63) is 40.7 Å². The molecule has 2 saturated heterocycles. The maximum Gasteiger partial charge on any atom is 0.274 e. The standard InChI is InChI=1S/C27H39ClN8O4/c28-24-26(30)33-25(29)23(32-24)27(39)31-20-4-2-10-35(17-20)9-1-3-19-5-7-21(8-6-19)40-18-22(38)36-13-11-34(12-14-36)15-16-37/h5-8,20,37H,1-4,9-18H2,(H,31,39)(H4,29,30,33). The minimum Gasteiger partial charge on any atom is -0.484 e. The van der Waals surface area contributed by atoms with Crippen molar-refractivity contribution in [2.24, 2.45) is 0 Å². The Morgan fingerprint density at radius 3 is 2.50 bits per heavy atom. The van der Waals surface area contributed by atoms with Crippen molar-refractivity contribution in [2.75, 3.05) is 77.0 Å². The van der Waals surface area contributed by atoms with Crippen LogP contribution in [0.2, 0.25) is 5.15 Å². The summed E-state index contributed by atoms with van der Waals surface area (Å²) in [5.74, 6) is 0.222. The van der Waals surface area contributed by atoms with Gasteiger partial charge in [-0.2, -0.15) is 0 Å². The van der Waals surface area contributed by atoms with E-state index in [-0.39, 0.29) is 47.6 Å². The first-order chi connectivity index (χ1) is 19.3. The lowest BCUT2D eigenvalue weighted by Crippen LogP contribution is -2.50. The molecule has 2 aromatic rings. The van der Waals surface area contributed by atoms with E-state index >= 15 is 0 Å². The van der Waals surface area contributed by atoms with Crippen molar-refractivity contribution in [3.63, 3.8) is 0 Å². The lowest BCUT2D eigenvalue weighted by atomic mass is 10.0. The number of nitrogen functional groups attached to an aromatic ring is 2. The predicted molar refractivity (Wildman–Crippen MR) is 153 cm³/mol. The van der Waals surface area contributed by atoms with Crippen LogP contribution in [0.4, 0.5) is 11.6 Å². The molecular weight excluding hydrogens is 536 g/mol. The number of piperazine rings is 1. The van der Waals surface area contributed by atoms with Crippen molar-refractivity contribution in [1.29, 1.82) is 0 Å². The molecule has 218 valence electrons. The van der Waals surface area contributed by atoms with Crippen LogP contribution in [-0.4, -0.2) is 113 Å². The van der Waals surface area contributed by atoms with Gasteiger partial charge in [0.1, 0.15) is 5.75 Å². The third-order valence-corrected chi connectivity index (χ3v) is 7.61. The molecule has 2 aliphatic rings. The molecule has 3 heterocycles. The zero-order valence-corrected chi connectivity index (χ0v) is 23.5. The van der Waals surface area contributed by atoms with E-state index in [1.807, 2.05) is 29.2 Å². The van der Waals surface area contributed by atoms with Crippen LogP contribution in [0, 0.1) is 0 Å². The number of carbonyl (C=O) groups is 2. The summed E-state index contributed by atoms with van der Waals surface area (Å²) in [5.41, 5.74) is 12.6. The van der Waals surface area contributed by atoms with Gasteiger partial charge in [-0.25, -0.2) is 9.97 Å². The predicted octanol–water partition coefficient (Wildman–Crippen LogP) is 0.637. The number of aromatic nitrogens is 2. The van der Waals surface area contributed by atoms with E-state index in [9.17, 15) is 9.59 Å². The summed E-state index contributed by atoms with van der Waals surface area (Å²) in [7, 11) is 0. The molecule has 0 aliphatic carbocycles. The maximum atomic E-state index is 12.7. The number of hydrogen-bond donors (Lipinski definition) is 4. The van der Waals surface area contributed by atoms with E-state index in [4.69, 9.17) is 32.9 Å². The van der Waals surface area contributed by atoms with Crippen LogP contribution < -0.4 is 21.5 Å². The fraction of sp³-hybridized carbons (Fsp3) is 0.556. The number of likely N-dealkylation sites (tertiary alicyclic amines) is 1. The van der Waals surface area contributed by atoms with Gasteiger partial charge in [0.15, 0.2) is 29.1 Å². The lowest BCUT2D eigenvalue weighted by molar-refractivity contribution is -0.135. The molecule has 2 aliphatic heterocycles. The zero-order valence-electron chi connectivity index (χ0n) is 22.7. The molecule has 1 aromatic carbocycles. The Morgan fingerprint density at radius 1 is 1.02 bits per heavy atom. The first kappa shape index (κ1) is 29.8. The normalized spacial score (nSPS) is 18.4. The Morgan fingerprint density at radius 2 is 1.77 bits per heavy atom. The van der Waals surface area contributed by atoms with Crippen LogP contribution in [0.5, 0.6) is 5.75 Å². The van der Waals surface area contributed by atoms with Gasteiger partial charge in [-0.1, -0.05) is 23.7 Å². The molecule has 1 atom stereocenters. The Labute approximate surface area is 239 Å². The summed E-state index contributed by atoms with van der Waals surface area (Å²) >= 11 is 5.91. The number of ether oxygens (including phenoxy) is 1. The first-order valence-corrected chi connectivity index (χ1v) is 14.1. The molecule has 13 heteroatoms. The number of hydrogen-bond acceptors (Lipinski definition) is 10. The SMILES string of the molecule is Nc1nc(N)c(C(=O)NC2CCCN(CCCc3ccc(OCC(=O)N4CCN(CCO)CC4)cc3)C2)nc1Cl. The number of aliphatic hydroxyl groups excluding tert-OH is 1. The molecule has 0 spiro atoms. The van der Waals surface area contributed by atoms with Gasteiger partial charge in [-0.15, -0.1) is 0 Å². The minimum atomic E-state index is -0.400. The maximum absolute atomic E-state index is 12.7. The van der Waals surface area contributed by atoms with Gasteiger partial charge < -0.3 is 36.4 Å². The Balaban J connectivity index is 1.15. The molecule has 0 saturated carbocycles. The number of β-amino-alcohol motifs (C(OH)–C–C–N with tert-alkyl or cyclic N) is 1. The molecule has 0 radical (unpaired) electrons. The van der Waals surface area contributed by atoms with E-state index in [2.05, 4.69) is 25.1 Å². The van der Waals surface area contributed by atoms with Gasteiger partial charge in [0.2, 0.25) is 0 Å². The van der Waals surface area contributed by atoms with Crippen LogP contribution in [0.25, 0.3) is 0 Å². The van der Waals surface area contributed by atoms with Gasteiger partial charge in [0.25, 0.3) is 11.8 Å². The number of halogens is 1. The van der Waals surface area contributed by atoms with Crippen LogP contribution in [0.1, 0.15) is 35.3 Å². The molecule has 0 bridgehead atoms. The van der Waals surface area contributed by atoms with Crippen molar-refractivity contribution in [3.8, 4) is 5.75 Å². The second-order valence-corrected chi connectivity index (χ2v) is 10.6. The number of nitrogens with two attached hydrogens (primary N) is 2. The number of carbonyl (C=O) groups excluding carboxylic acids is 2. The largest absolute Gasteiger partial charge is 0.484 e. The van der Waals surface area contributed by atoms with Crippen molar-refractivity contribution >= 4 is 35.1 Å². The minimum absolute atomic E-state index is 0.00246. The quantitative estimate of drug-likeness (QED) is 0.299. The van der Waals surface area contributed by atoms with Crippen LogP contribution in [0.3, 0.4) is 0 Å². The highest BCUT2D eigenvalue weighted by Crippen LogP contribution is 2.19. The smallest absolute Gasteiger partial charge is 0.274 e. The number of aliphatic hydroxyl groups is 1. The molecule has 2 amide bonds. The Bertz CT molecular complexity index is 1140. The number of rotatable bonds is 11. The fourth-order valence-electron chi connectivity index (χ4n) is 5.10. The first-order valence-electron chi connectivity index (χ1n) is 13.8. The number of piperidine rings is 1. The summed E-state index contributed by atoms with van der Waals surface area (Å²) in [6.45, 7) is 6.33. The van der Waals surface area contributed by atoms with E-state index in [1.54, 1.807) is 0 Å². The summed E-state index contributed by atoms with van der Waals surface area (Å²) in [6.07, 6.45) is 3.76. The Kier molecular flexibility index (Phi) is 10.8. The second kappa shape index (κ2) is 14.4. The molecule has 1 aromatic heterocycles. The van der Waals surface area contributed by atoms with Gasteiger partial charge in [0, 0.05) is 45.3 Å². The number of benzene rings is 1. The molecule has 4 rings (SSSR count). The summed E-state index contributed by atoms with van der Waals surface area (Å²) in [4.78, 5) is 39.3. The third-order valence-electron chi connectivity index (χ3n) is 7.33. The van der Waals surface area contributed by atoms with Crippen molar-refractivity contribution in [1.82, 2.24) is 30.0 Å². The summed E-state index contributed by atoms with van der Waals surface area (Å²) in [6, 6.07) is 7.88. The highest BCUT2D eigenvalue weighted by Gasteiger charge is 2.24. The van der Waals surface area contributed by atoms with Gasteiger partial charge in [-0.05, 0) is 56.5 Å². The number of nitrogens with zero attached hydrogens (tertiary/aromatic N) is 5. The lowest BCUT2D eigenvalue weighted by Gasteiger charge is -2.34. The molecule has 6 N–H and O–H groups in total. The molecular formula is C27H39ClN8O4. The highest BCUT2D eigenvalue weighted by atomic mass is 35.5. The van der Waals surface area contributed by atoms with Gasteiger partial charge in [-0.3, -0.25) is 14.5 Å². The van der Waals surface area contributed by atoms with Crippen LogP contribution >= 0.6 is 11.6 Å². The van der Waals surface area contributed by atoms with E-state index < -0.39 is 5.91 Å². The molecule has 40 heavy (non-hydrogen) atoms. The van der Waals surface area contributed by atoms with Crippen molar-refractivity contribution in [2.45, 2.75) is 31.7 Å². The van der Waals surface area contributed by atoms with E-state index in [0.29, 0.717) is 25.4 Å². The number of nitrogens with one attached hydrogen (secondary N) is 1. The average molecular weight is 575 g/mol. The number of anilines is 2. The molecule has 1 unspecified atom stereocenters. The average Bonchev–Trinajstić information content (AvgIpc) is 2.95. The summed E-state index contributed by atoms with van der Waals surface area (Å²) in [5, 5.41) is 12.0.